The summed E-state index contributed by atoms with van der Waals surface area (Å²) in [6.45, 7) is 11.3. The van der Waals surface area contributed by atoms with Crippen LogP contribution in [0.2, 0.25) is 0 Å². The second-order valence-electron chi connectivity index (χ2n) is 13.6. The van der Waals surface area contributed by atoms with E-state index in [-0.39, 0.29) is 17.6 Å². The van der Waals surface area contributed by atoms with Gasteiger partial charge in [0.05, 0.1) is 50.8 Å². The number of rotatable bonds is 14. The molecule has 1 N–H and O–H groups in total. The van der Waals surface area contributed by atoms with E-state index in [1.807, 2.05) is 29.9 Å². The van der Waals surface area contributed by atoms with Crippen LogP contribution in [0.3, 0.4) is 0 Å². The van der Waals surface area contributed by atoms with Crippen LogP contribution in [0.15, 0.2) is 49.4 Å². The van der Waals surface area contributed by atoms with Crippen LogP contribution in [-0.4, -0.2) is 98.2 Å². The summed E-state index contributed by atoms with van der Waals surface area (Å²) in [6, 6.07) is 8.56. The molecule has 6 rings (SSSR count). The number of methoxy groups -OCH3 is 1. The summed E-state index contributed by atoms with van der Waals surface area (Å²) in [5.74, 6) is 1.42. The lowest BCUT2D eigenvalue weighted by Gasteiger charge is -2.38. The standard InChI is InChI=1S/C35H46N10O4/c1-25(19-44-24-37-23-40-44)49-32-15-26(5-6-27(32)16-36)28-17-38-34(39-18-28)41-31-20-45(42-33(31)48-22-35(2,3)21-46-4)30-9-7-29(8-10-30)43-11-13-47-14-12-43/h5-6,15,17-18,20,23-25,29-30H,7-14,19,21-22H2,1-4H3,(H,38,39,41). The number of aromatic nitrogens is 7. The average molecular weight is 671 g/mol. The number of morpholine rings is 1. The Morgan fingerprint density at radius 1 is 1.06 bits per heavy atom. The first-order valence-electron chi connectivity index (χ1n) is 17.0. The van der Waals surface area contributed by atoms with Crippen molar-refractivity contribution in [3.8, 4) is 28.8 Å². The molecule has 0 radical (unpaired) electrons. The van der Waals surface area contributed by atoms with Gasteiger partial charge in [-0.25, -0.2) is 19.6 Å². The van der Waals surface area contributed by atoms with Gasteiger partial charge in [-0.05, 0) is 50.3 Å². The van der Waals surface area contributed by atoms with Crippen LogP contribution in [-0.2, 0) is 16.0 Å². The first-order chi connectivity index (χ1) is 23.8. The average Bonchev–Trinajstić information content (AvgIpc) is 3.78. The lowest BCUT2D eigenvalue weighted by Crippen LogP contribution is -2.45. The molecule has 1 aromatic carbocycles. The van der Waals surface area contributed by atoms with Crippen molar-refractivity contribution in [2.45, 2.75) is 71.2 Å². The first-order valence-corrected chi connectivity index (χ1v) is 17.0. The lowest BCUT2D eigenvalue weighted by atomic mass is 9.90. The Labute approximate surface area is 287 Å². The third-order valence-electron chi connectivity index (χ3n) is 9.01. The van der Waals surface area contributed by atoms with Gasteiger partial charge in [-0.1, -0.05) is 19.9 Å². The van der Waals surface area contributed by atoms with Gasteiger partial charge in [0.15, 0.2) is 0 Å². The summed E-state index contributed by atoms with van der Waals surface area (Å²) in [5, 5.41) is 22.1. The molecule has 1 saturated carbocycles. The van der Waals surface area contributed by atoms with E-state index in [4.69, 9.17) is 24.0 Å². The highest BCUT2D eigenvalue weighted by Crippen LogP contribution is 2.35. The van der Waals surface area contributed by atoms with E-state index in [9.17, 15) is 5.26 Å². The van der Waals surface area contributed by atoms with Gasteiger partial charge in [-0.3, -0.25) is 9.58 Å². The van der Waals surface area contributed by atoms with E-state index in [1.165, 1.54) is 6.33 Å². The Morgan fingerprint density at radius 3 is 2.51 bits per heavy atom. The van der Waals surface area contributed by atoms with Crippen molar-refractivity contribution in [1.82, 2.24) is 39.4 Å². The molecule has 1 atom stereocenters. The van der Waals surface area contributed by atoms with Crippen LogP contribution < -0.4 is 14.8 Å². The molecule has 1 saturated heterocycles. The van der Waals surface area contributed by atoms with Crippen molar-refractivity contribution in [2.75, 3.05) is 51.9 Å². The maximum absolute atomic E-state index is 9.69. The first kappa shape index (κ1) is 34.3. The van der Waals surface area contributed by atoms with Crippen LogP contribution in [0.5, 0.6) is 11.6 Å². The highest BCUT2D eigenvalue weighted by molar-refractivity contribution is 5.67. The Bertz CT molecular complexity index is 1670. The molecule has 49 heavy (non-hydrogen) atoms. The molecule has 3 aromatic heterocycles. The van der Waals surface area contributed by atoms with Crippen LogP contribution in [0, 0.1) is 16.7 Å². The zero-order valence-electron chi connectivity index (χ0n) is 28.8. The van der Waals surface area contributed by atoms with E-state index < -0.39 is 0 Å². The molecule has 0 spiro atoms. The Kier molecular flexibility index (Phi) is 11.0. The van der Waals surface area contributed by atoms with Crippen molar-refractivity contribution in [2.24, 2.45) is 5.41 Å². The fourth-order valence-electron chi connectivity index (χ4n) is 6.48. The molecule has 4 heterocycles. The van der Waals surface area contributed by atoms with Gasteiger partial charge < -0.3 is 24.3 Å². The predicted molar refractivity (Wildman–Crippen MR) is 183 cm³/mol. The summed E-state index contributed by atoms with van der Waals surface area (Å²) < 4.78 is 27.2. The van der Waals surface area contributed by atoms with Crippen LogP contribution in [0.4, 0.5) is 11.6 Å². The Morgan fingerprint density at radius 2 is 1.82 bits per heavy atom. The topological polar surface area (TPSA) is 150 Å². The molecule has 2 fully saturated rings. The minimum Gasteiger partial charge on any atom is -0.487 e. The summed E-state index contributed by atoms with van der Waals surface area (Å²) in [6.07, 6.45) is 12.8. The zero-order chi connectivity index (χ0) is 34.2. The molecule has 14 heteroatoms. The van der Waals surface area contributed by atoms with Gasteiger partial charge in [0.25, 0.3) is 5.88 Å². The van der Waals surface area contributed by atoms with Crippen LogP contribution >= 0.6 is 0 Å². The Hall–Kier alpha value is -4.58. The van der Waals surface area contributed by atoms with Crippen LogP contribution in [0.25, 0.3) is 11.1 Å². The van der Waals surface area contributed by atoms with E-state index in [1.54, 1.807) is 36.6 Å². The highest BCUT2D eigenvalue weighted by atomic mass is 16.5. The van der Waals surface area contributed by atoms with Gasteiger partial charge in [-0.2, -0.15) is 10.4 Å². The lowest BCUT2D eigenvalue weighted by molar-refractivity contribution is 0.00499. The van der Waals surface area contributed by atoms with E-state index in [0.717, 1.165) is 63.1 Å². The highest BCUT2D eigenvalue weighted by Gasteiger charge is 2.29. The van der Waals surface area contributed by atoms with Gasteiger partial charge in [-0.15, -0.1) is 5.10 Å². The summed E-state index contributed by atoms with van der Waals surface area (Å²) in [7, 11) is 1.70. The second kappa shape index (κ2) is 15.8. The minimum atomic E-state index is -0.232. The molecular weight excluding hydrogens is 624 g/mol. The van der Waals surface area contributed by atoms with Crippen molar-refractivity contribution in [3.63, 3.8) is 0 Å². The van der Waals surface area contributed by atoms with Gasteiger partial charge >= 0.3 is 0 Å². The largest absolute Gasteiger partial charge is 0.487 e. The number of nitrogens with one attached hydrogen (secondary N) is 1. The maximum Gasteiger partial charge on any atom is 0.256 e. The third-order valence-corrected chi connectivity index (χ3v) is 9.01. The molecule has 1 unspecified atom stereocenters. The monoisotopic (exact) mass is 670 g/mol. The van der Waals surface area contributed by atoms with E-state index >= 15 is 0 Å². The minimum absolute atomic E-state index is 0.192. The smallest absolute Gasteiger partial charge is 0.256 e. The molecular formula is C35H46N10O4. The maximum atomic E-state index is 9.69. The SMILES string of the molecule is COCC(C)(C)COc1nn(C2CCC(N3CCOCC3)CC2)cc1Nc1ncc(-c2ccc(C#N)c(OC(C)Cn3cncn3)c2)cn1. The molecule has 1 aliphatic carbocycles. The van der Waals surface area contributed by atoms with Gasteiger partial charge in [0.1, 0.15) is 36.3 Å². The molecule has 0 amide bonds. The molecule has 4 aromatic rings. The summed E-state index contributed by atoms with van der Waals surface area (Å²) in [5.41, 5.74) is 2.59. The van der Waals surface area contributed by atoms with E-state index in [0.29, 0.717) is 54.6 Å². The molecule has 0 bridgehead atoms. The summed E-state index contributed by atoms with van der Waals surface area (Å²) in [4.78, 5) is 15.8. The van der Waals surface area contributed by atoms with Crippen molar-refractivity contribution < 1.29 is 18.9 Å². The second-order valence-corrected chi connectivity index (χ2v) is 13.6. The van der Waals surface area contributed by atoms with Gasteiger partial charge in [0.2, 0.25) is 5.95 Å². The molecule has 260 valence electrons. The molecule has 2 aliphatic rings. The van der Waals surface area contributed by atoms with Gasteiger partial charge in [0, 0.05) is 49.6 Å². The fraction of sp³-hybridized carbons (Fsp3) is 0.543. The third kappa shape index (κ3) is 8.91. The Balaban J connectivity index is 1.16. The van der Waals surface area contributed by atoms with Crippen LogP contribution in [0.1, 0.15) is 58.1 Å². The van der Waals surface area contributed by atoms with E-state index in [2.05, 4.69) is 50.2 Å². The number of hydrogen-bond donors (Lipinski definition) is 1. The number of benzene rings is 1. The number of anilines is 2. The summed E-state index contributed by atoms with van der Waals surface area (Å²) >= 11 is 0. The molecule has 1 aliphatic heterocycles. The zero-order valence-corrected chi connectivity index (χ0v) is 28.8. The number of hydrogen-bond acceptors (Lipinski definition) is 12. The number of ether oxygens (including phenoxy) is 4. The van der Waals surface area contributed by atoms with Crippen molar-refractivity contribution in [1.29, 1.82) is 5.26 Å². The number of nitrogens with zero attached hydrogens (tertiary/aromatic N) is 9. The quantitative estimate of drug-likeness (QED) is 0.195. The predicted octanol–water partition coefficient (Wildman–Crippen LogP) is 4.88. The van der Waals surface area contributed by atoms with Crippen molar-refractivity contribution >= 4 is 11.6 Å². The normalized spacial score (nSPS) is 19.2. The van der Waals surface area contributed by atoms with Crippen molar-refractivity contribution in [3.05, 3.63) is 55.0 Å². The number of nitriles is 1. The fourth-order valence-corrected chi connectivity index (χ4v) is 6.48. The molecule has 14 nitrogen and oxygen atoms in total.